The first-order chi connectivity index (χ1) is 31.8. The lowest BCUT2D eigenvalue weighted by atomic mass is 9.80. The van der Waals surface area contributed by atoms with Gasteiger partial charge < -0.3 is 9.47 Å². The maximum absolute atomic E-state index is 2.48. The Morgan fingerprint density at radius 2 is 0.953 bits per heavy atom. The van der Waals surface area contributed by atoms with Crippen molar-refractivity contribution in [3.8, 4) is 39.1 Å². The lowest BCUT2D eigenvalue weighted by Crippen LogP contribution is -2.11. The number of hydrogen-bond acceptors (Lipinski definition) is 1. The normalized spacial score (nSPS) is 13.2. The number of fused-ring (bicyclic) bond motifs is 5. The molecule has 0 radical (unpaired) electrons. The van der Waals surface area contributed by atoms with Crippen molar-refractivity contribution in [2.24, 2.45) is 0 Å². The largest absolute Gasteiger partial charge is 0.310 e. The molecule has 10 aromatic carbocycles. The summed E-state index contributed by atoms with van der Waals surface area (Å²) >= 11 is 0. The topological polar surface area (TPSA) is 8.17 Å². The quantitative estimate of drug-likeness (QED) is 0.148. The van der Waals surface area contributed by atoms with Crippen molar-refractivity contribution in [3.05, 3.63) is 230 Å². The van der Waals surface area contributed by atoms with Crippen LogP contribution in [0.1, 0.15) is 43.6 Å². The fourth-order valence-electron chi connectivity index (χ4n) is 10.7. The lowest BCUT2D eigenvalue weighted by Gasteiger charge is -2.29. The fraction of sp³-hybridized carbons (Fsp3) is 0.0968. The van der Waals surface area contributed by atoms with Gasteiger partial charge in [0, 0.05) is 33.4 Å². The molecule has 2 heteroatoms. The van der Waals surface area contributed by atoms with Gasteiger partial charge in [-0.1, -0.05) is 189 Å². The molecule has 1 aliphatic carbocycles. The number of hydrogen-bond donors (Lipinski definition) is 0. The van der Waals surface area contributed by atoms with Gasteiger partial charge in [-0.15, -0.1) is 0 Å². The van der Waals surface area contributed by atoms with Crippen molar-refractivity contribution in [2.75, 3.05) is 4.90 Å². The van der Waals surface area contributed by atoms with Crippen molar-refractivity contribution in [3.63, 3.8) is 0 Å². The summed E-state index contributed by atoms with van der Waals surface area (Å²) in [5.41, 5.74) is 15.9. The molecule has 0 aliphatic heterocycles. The van der Waals surface area contributed by atoms with Crippen molar-refractivity contribution >= 4 is 60.4 Å². The van der Waals surface area contributed by atoms with Crippen LogP contribution in [0.5, 0.6) is 0 Å². The maximum Gasteiger partial charge on any atom is 0.0542 e. The minimum atomic E-state index is 0.583. The molecule has 0 atom stereocenters. The van der Waals surface area contributed by atoms with Gasteiger partial charge in [0.2, 0.25) is 0 Å². The summed E-state index contributed by atoms with van der Waals surface area (Å²) in [7, 11) is 0. The molecule has 1 saturated carbocycles. The van der Waals surface area contributed by atoms with E-state index >= 15 is 0 Å². The summed E-state index contributed by atoms with van der Waals surface area (Å²) in [6.45, 7) is 0. The predicted octanol–water partition coefficient (Wildman–Crippen LogP) is 17.6. The van der Waals surface area contributed by atoms with E-state index in [2.05, 4.69) is 234 Å². The van der Waals surface area contributed by atoms with Crippen molar-refractivity contribution in [1.82, 2.24) is 4.57 Å². The zero-order chi connectivity index (χ0) is 42.4. The Kier molecular flexibility index (Phi) is 9.64. The second kappa shape index (κ2) is 16.2. The summed E-state index contributed by atoms with van der Waals surface area (Å²) in [5.74, 6) is 0.583. The van der Waals surface area contributed by atoms with Gasteiger partial charge in [-0.05, 0) is 128 Å². The maximum atomic E-state index is 2.48. The average molecular weight is 821 g/mol. The van der Waals surface area contributed by atoms with E-state index in [4.69, 9.17) is 0 Å². The first-order valence-electron chi connectivity index (χ1n) is 23.0. The van der Waals surface area contributed by atoms with Gasteiger partial charge in [-0.3, -0.25) is 0 Å². The SMILES string of the molecule is c1ccc(-n2c3ccccc3c3cc(N(c4ccc(-c5ccc(-c6cccc7ccccc67)cc5)cc4)c4ccccc4-c4cccc5cccc(C6CCCCC6)c45)ccc32)cc1. The number of rotatable bonds is 8. The molecule has 306 valence electrons. The van der Waals surface area contributed by atoms with E-state index in [0.29, 0.717) is 5.92 Å². The molecule has 0 spiro atoms. The molecule has 0 bridgehead atoms. The highest BCUT2D eigenvalue weighted by atomic mass is 15.1. The first-order valence-corrected chi connectivity index (χ1v) is 23.0. The van der Waals surface area contributed by atoms with E-state index in [1.165, 1.54) is 114 Å². The number of benzene rings is 10. The molecule has 2 nitrogen and oxygen atoms in total. The summed E-state index contributed by atoms with van der Waals surface area (Å²) in [6, 6.07) is 83.0. The summed E-state index contributed by atoms with van der Waals surface area (Å²) < 4.78 is 2.40. The monoisotopic (exact) mass is 820 g/mol. The molecule has 0 amide bonds. The Morgan fingerprint density at radius 1 is 0.375 bits per heavy atom. The Labute approximate surface area is 375 Å². The fourth-order valence-corrected chi connectivity index (χ4v) is 10.7. The Morgan fingerprint density at radius 3 is 1.77 bits per heavy atom. The molecule has 11 aromatic rings. The van der Waals surface area contributed by atoms with Gasteiger partial charge in [0.05, 0.1) is 16.7 Å². The highest BCUT2D eigenvalue weighted by Crippen LogP contribution is 2.47. The molecule has 64 heavy (non-hydrogen) atoms. The third-order valence-electron chi connectivity index (χ3n) is 13.8. The summed E-state index contributed by atoms with van der Waals surface area (Å²) in [5, 5.41) is 7.72. The molecule has 0 saturated heterocycles. The van der Waals surface area contributed by atoms with Crippen LogP contribution in [0.3, 0.4) is 0 Å². The second-order valence-electron chi connectivity index (χ2n) is 17.5. The van der Waals surface area contributed by atoms with Crippen LogP contribution < -0.4 is 4.90 Å². The number of nitrogens with zero attached hydrogens (tertiary/aromatic N) is 2. The van der Waals surface area contributed by atoms with Gasteiger partial charge in [-0.25, -0.2) is 0 Å². The van der Waals surface area contributed by atoms with E-state index in [1.54, 1.807) is 0 Å². The van der Waals surface area contributed by atoms with E-state index in [-0.39, 0.29) is 0 Å². The third kappa shape index (κ3) is 6.66. The van der Waals surface area contributed by atoms with Gasteiger partial charge >= 0.3 is 0 Å². The Hall–Kier alpha value is -7.68. The van der Waals surface area contributed by atoms with Crippen LogP contribution in [0.2, 0.25) is 0 Å². The smallest absolute Gasteiger partial charge is 0.0542 e. The molecular formula is C62H48N2. The van der Waals surface area contributed by atoms with Gasteiger partial charge in [0.25, 0.3) is 0 Å². The van der Waals surface area contributed by atoms with E-state index < -0.39 is 0 Å². The van der Waals surface area contributed by atoms with Crippen LogP contribution in [0.15, 0.2) is 224 Å². The number of anilines is 3. The van der Waals surface area contributed by atoms with Gasteiger partial charge in [-0.2, -0.15) is 0 Å². The second-order valence-corrected chi connectivity index (χ2v) is 17.5. The standard InChI is InChI=1S/C62H48N2/c1-3-16-46(17-4-1)54-28-14-20-48-21-15-29-57(62(48)54)55-25-9-11-30-59(55)63(51-40-41-61-58(42-51)56-26-10-12-31-60(56)64(61)49-22-5-2-6-23-49)50-38-36-44(37-39-50)43-32-34-47(35-33-43)53-27-13-19-45-18-7-8-24-52(45)53/h2,5-15,18-42,46H,1,3-4,16-17H2. The first kappa shape index (κ1) is 38.0. The third-order valence-corrected chi connectivity index (χ3v) is 13.8. The molecule has 1 fully saturated rings. The number of para-hydroxylation sites is 3. The average Bonchev–Trinajstić information content (AvgIpc) is 3.70. The van der Waals surface area contributed by atoms with Crippen molar-refractivity contribution < 1.29 is 0 Å². The van der Waals surface area contributed by atoms with Gasteiger partial charge in [0.15, 0.2) is 0 Å². The van der Waals surface area contributed by atoms with Crippen LogP contribution in [0, 0.1) is 0 Å². The van der Waals surface area contributed by atoms with Crippen LogP contribution >= 0.6 is 0 Å². The number of aromatic nitrogens is 1. The Balaban J connectivity index is 1.02. The Bertz CT molecular complexity index is 3450. The van der Waals surface area contributed by atoms with E-state index in [1.807, 2.05) is 0 Å². The zero-order valence-electron chi connectivity index (χ0n) is 35.9. The van der Waals surface area contributed by atoms with Crippen LogP contribution in [0.4, 0.5) is 17.1 Å². The van der Waals surface area contributed by atoms with E-state index in [0.717, 1.165) is 22.7 Å². The molecule has 1 aromatic heterocycles. The van der Waals surface area contributed by atoms with Crippen molar-refractivity contribution in [2.45, 2.75) is 38.0 Å². The minimum Gasteiger partial charge on any atom is -0.310 e. The zero-order valence-corrected chi connectivity index (χ0v) is 35.9. The minimum absolute atomic E-state index is 0.583. The highest BCUT2D eigenvalue weighted by molar-refractivity contribution is 6.11. The molecule has 1 heterocycles. The van der Waals surface area contributed by atoms with Gasteiger partial charge in [0.1, 0.15) is 0 Å². The molecule has 0 N–H and O–H groups in total. The summed E-state index contributed by atoms with van der Waals surface area (Å²) in [6.07, 6.45) is 6.48. The summed E-state index contributed by atoms with van der Waals surface area (Å²) in [4.78, 5) is 2.48. The molecular weight excluding hydrogens is 773 g/mol. The molecule has 0 unspecified atom stereocenters. The molecule has 1 aliphatic rings. The van der Waals surface area contributed by atoms with Crippen LogP contribution in [-0.2, 0) is 0 Å². The lowest BCUT2D eigenvalue weighted by molar-refractivity contribution is 0.445. The van der Waals surface area contributed by atoms with E-state index in [9.17, 15) is 0 Å². The highest BCUT2D eigenvalue weighted by Gasteiger charge is 2.24. The molecule has 12 rings (SSSR count). The predicted molar refractivity (Wildman–Crippen MR) is 273 cm³/mol. The van der Waals surface area contributed by atoms with Crippen LogP contribution in [-0.4, -0.2) is 4.57 Å². The van der Waals surface area contributed by atoms with Crippen LogP contribution in [0.25, 0.3) is 82.4 Å². The van der Waals surface area contributed by atoms with Crippen molar-refractivity contribution in [1.29, 1.82) is 0 Å².